The molecule has 1 aliphatic heterocycles. The molecule has 1 fully saturated rings. The van der Waals surface area contributed by atoms with E-state index in [-0.39, 0.29) is 30.6 Å². The topological polar surface area (TPSA) is 66.5 Å². The Labute approximate surface area is 140 Å². The van der Waals surface area contributed by atoms with E-state index in [2.05, 4.69) is 5.32 Å². The lowest BCUT2D eigenvalue weighted by Gasteiger charge is -2.15. The molecule has 0 bridgehead atoms. The fourth-order valence-corrected chi connectivity index (χ4v) is 2.72. The van der Waals surface area contributed by atoms with Crippen LogP contribution < -0.4 is 10.2 Å². The van der Waals surface area contributed by atoms with Gasteiger partial charge in [-0.3, -0.25) is 19.3 Å². The maximum Gasteiger partial charge on any atom is 0.255 e. The molecule has 2 aromatic rings. The number of rotatable bonds is 3. The van der Waals surface area contributed by atoms with Crippen LogP contribution in [0.1, 0.15) is 34.3 Å². The lowest BCUT2D eigenvalue weighted by molar-refractivity contribution is -0.121. The molecular formula is C19H18N2O3. The minimum absolute atomic E-state index is 0.220. The number of carbonyl (C=O) groups excluding carboxylic acids is 3. The number of nitrogens with one attached hydrogen (secondary N) is 1. The number of carbonyl (C=O) groups is 3. The lowest BCUT2D eigenvalue weighted by Crippen LogP contribution is -2.28. The largest absolute Gasteiger partial charge is 0.322 e. The molecule has 0 radical (unpaired) electrons. The minimum atomic E-state index is -0.273. The first kappa shape index (κ1) is 15.9. The summed E-state index contributed by atoms with van der Waals surface area (Å²) in [6.07, 6.45) is 0.440. The average molecular weight is 322 g/mol. The number of hydrogen-bond acceptors (Lipinski definition) is 3. The monoisotopic (exact) mass is 322 g/mol. The average Bonchev–Trinajstić information content (AvgIpc) is 2.90. The fourth-order valence-electron chi connectivity index (χ4n) is 2.72. The molecule has 5 nitrogen and oxygen atoms in total. The van der Waals surface area contributed by atoms with Crippen LogP contribution in [0.15, 0.2) is 42.5 Å². The Balaban J connectivity index is 1.86. The summed E-state index contributed by atoms with van der Waals surface area (Å²) in [6, 6.07) is 12.4. The van der Waals surface area contributed by atoms with Crippen molar-refractivity contribution in [3.8, 4) is 0 Å². The van der Waals surface area contributed by atoms with Gasteiger partial charge in [-0.1, -0.05) is 18.2 Å². The van der Waals surface area contributed by atoms with Crippen LogP contribution >= 0.6 is 0 Å². The van der Waals surface area contributed by atoms with E-state index >= 15 is 0 Å². The SMILES string of the molecule is Cc1ccc(C)c(NC(=O)c2cccc(N3C(=O)CCC3=O)c2)c1. The highest BCUT2D eigenvalue weighted by molar-refractivity contribution is 6.20. The van der Waals surface area contributed by atoms with E-state index in [1.54, 1.807) is 24.3 Å². The highest BCUT2D eigenvalue weighted by Crippen LogP contribution is 2.24. The van der Waals surface area contributed by atoms with E-state index in [1.165, 1.54) is 0 Å². The van der Waals surface area contributed by atoms with Crippen molar-refractivity contribution >= 4 is 29.1 Å². The normalized spacial score (nSPS) is 14.2. The van der Waals surface area contributed by atoms with Crippen LogP contribution in [-0.4, -0.2) is 17.7 Å². The van der Waals surface area contributed by atoms with Gasteiger partial charge in [-0.15, -0.1) is 0 Å². The lowest BCUT2D eigenvalue weighted by atomic mass is 10.1. The van der Waals surface area contributed by atoms with E-state index < -0.39 is 0 Å². The van der Waals surface area contributed by atoms with E-state index in [1.807, 2.05) is 32.0 Å². The number of aryl methyl sites for hydroxylation is 2. The van der Waals surface area contributed by atoms with Crippen molar-refractivity contribution in [1.29, 1.82) is 0 Å². The van der Waals surface area contributed by atoms with Gasteiger partial charge in [0, 0.05) is 24.1 Å². The number of nitrogens with zero attached hydrogens (tertiary/aromatic N) is 1. The van der Waals surface area contributed by atoms with Crippen LogP contribution in [0.3, 0.4) is 0 Å². The predicted molar refractivity (Wildman–Crippen MR) is 92.0 cm³/mol. The summed E-state index contributed by atoms with van der Waals surface area (Å²) in [6.45, 7) is 3.88. The molecule has 0 saturated carbocycles. The Hall–Kier alpha value is -2.95. The zero-order chi connectivity index (χ0) is 17.3. The van der Waals surface area contributed by atoms with Crippen LogP contribution in [-0.2, 0) is 9.59 Å². The molecule has 1 saturated heterocycles. The summed E-state index contributed by atoms with van der Waals surface area (Å²) in [5.74, 6) is -0.733. The Bertz CT molecular complexity index is 826. The first-order chi connectivity index (χ1) is 11.5. The maximum absolute atomic E-state index is 12.5. The Kier molecular flexibility index (Phi) is 4.16. The Morgan fingerprint density at radius 3 is 2.42 bits per heavy atom. The molecule has 24 heavy (non-hydrogen) atoms. The van der Waals surface area contributed by atoms with Gasteiger partial charge in [-0.05, 0) is 49.2 Å². The van der Waals surface area contributed by atoms with Gasteiger partial charge in [0.15, 0.2) is 0 Å². The highest BCUT2D eigenvalue weighted by Gasteiger charge is 2.30. The summed E-state index contributed by atoms with van der Waals surface area (Å²) in [7, 11) is 0. The molecule has 1 N–H and O–H groups in total. The standard InChI is InChI=1S/C19H18N2O3/c1-12-6-7-13(2)16(10-12)20-19(24)14-4-3-5-15(11-14)21-17(22)8-9-18(21)23/h3-7,10-11H,8-9H2,1-2H3,(H,20,24). The zero-order valence-electron chi connectivity index (χ0n) is 13.6. The molecule has 1 aliphatic rings. The van der Waals surface area contributed by atoms with Gasteiger partial charge >= 0.3 is 0 Å². The quantitative estimate of drug-likeness (QED) is 0.882. The number of hydrogen-bond donors (Lipinski definition) is 1. The summed E-state index contributed by atoms with van der Waals surface area (Å²) in [5, 5.41) is 2.88. The zero-order valence-corrected chi connectivity index (χ0v) is 13.6. The number of benzene rings is 2. The molecule has 0 aromatic heterocycles. The summed E-state index contributed by atoms with van der Waals surface area (Å²) < 4.78 is 0. The summed E-state index contributed by atoms with van der Waals surface area (Å²) >= 11 is 0. The second-order valence-corrected chi connectivity index (χ2v) is 5.95. The number of imide groups is 1. The first-order valence-electron chi connectivity index (χ1n) is 7.80. The van der Waals surface area contributed by atoms with E-state index in [0.717, 1.165) is 21.7 Å². The maximum atomic E-state index is 12.5. The molecule has 0 aliphatic carbocycles. The Morgan fingerprint density at radius 2 is 1.71 bits per heavy atom. The third-order valence-corrected chi connectivity index (χ3v) is 4.06. The fraction of sp³-hybridized carbons (Fsp3) is 0.211. The van der Waals surface area contributed by atoms with Gasteiger partial charge < -0.3 is 5.32 Å². The molecule has 5 heteroatoms. The van der Waals surface area contributed by atoms with Crippen LogP contribution in [0.2, 0.25) is 0 Å². The van der Waals surface area contributed by atoms with Crippen molar-refractivity contribution in [1.82, 2.24) is 0 Å². The number of anilines is 2. The van der Waals surface area contributed by atoms with E-state index in [0.29, 0.717) is 11.3 Å². The van der Waals surface area contributed by atoms with E-state index in [9.17, 15) is 14.4 Å². The van der Waals surface area contributed by atoms with Crippen molar-refractivity contribution in [2.24, 2.45) is 0 Å². The summed E-state index contributed by atoms with van der Waals surface area (Å²) in [4.78, 5) is 37.3. The van der Waals surface area contributed by atoms with Gasteiger partial charge in [-0.25, -0.2) is 0 Å². The van der Waals surface area contributed by atoms with Gasteiger partial charge in [0.2, 0.25) is 11.8 Å². The number of amides is 3. The van der Waals surface area contributed by atoms with Crippen LogP contribution in [0, 0.1) is 13.8 Å². The van der Waals surface area contributed by atoms with Crippen molar-refractivity contribution < 1.29 is 14.4 Å². The smallest absolute Gasteiger partial charge is 0.255 e. The second kappa shape index (κ2) is 6.28. The second-order valence-electron chi connectivity index (χ2n) is 5.95. The molecule has 1 heterocycles. The predicted octanol–water partition coefficient (Wildman–Crippen LogP) is 3.21. The first-order valence-corrected chi connectivity index (χ1v) is 7.80. The molecule has 0 spiro atoms. The highest BCUT2D eigenvalue weighted by atomic mass is 16.2. The van der Waals surface area contributed by atoms with Crippen molar-refractivity contribution in [2.75, 3.05) is 10.2 Å². The molecule has 3 rings (SSSR count). The van der Waals surface area contributed by atoms with Crippen LogP contribution in [0.25, 0.3) is 0 Å². The molecule has 0 atom stereocenters. The Morgan fingerprint density at radius 1 is 1.00 bits per heavy atom. The molecular weight excluding hydrogens is 304 g/mol. The van der Waals surface area contributed by atoms with Crippen molar-refractivity contribution in [3.05, 3.63) is 59.2 Å². The minimum Gasteiger partial charge on any atom is -0.322 e. The molecule has 122 valence electrons. The molecule has 0 unspecified atom stereocenters. The van der Waals surface area contributed by atoms with Crippen LogP contribution in [0.5, 0.6) is 0 Å². The van der Waals surface area contributed by atoms with Crippen molar-refractivity contribution in [3.63, 3.8) is 0 Å². The van der Waals surface area contributed by atoms with Crippen LogP contribution in [0.4, 0.5) is 11.4 Å². The molecule has 2 aromatic carbocycles. The third kappa shape index (κ3) is 3.06. The van der Waals surface area contributed by atoms with Gasteiger partial charge in [0.1, 0.15) is 0 Å². The van der Waals surface area contributed by atoms with Gasteiger partial charge in [-0.2, -0.15) is 0 Å². The van der Waals surface area contributed by atoms with Crippen molar-refractivity contribution in [2.45, 2.75) is 26.7 Å². The third-order valence-electron chi connectivity index (χ3n) is 4.06. The summed E-state index contributed by atoms with van der Waals surface area (Å²) in [5.41, 5.74) is 3.61. The van der Waals surface area contributed by atoms with E-state index in [4.69, 9.17) is 0 Å². The van der Waals surface area contributed by atoms with Gasteiger partial charge in [0.05, 0.1) is 5.69 Å². The molecule has 3 amide bonds. The van der Waals surface area contributed by atoms with Gasteiger partial charge in [0.25, 0.3) is 5.91 Å².